The highest BCUT2D eigenvalue weighted by Crippen LogP contribution is 2.13. The van der Waals surface area contributed by atoms with Crippen molar-refractivity contribution in [3.63, 3.8) is 0 Å². The number of carbonyl (C=O) groups is 1. The van der Waals surface area contributed by atoms with Crippen LogP contribution >= 0.6 is 0 Å². The Morgan fingerprint density at radius 1 is 1.39 bits per heavy atom. The average molecular weight is 246 g/mol. The number of hydrogen-bond donors (Lipinski definition) is 0. The predicted octanol–water partition coefficient (Wildman–Crippen LogP) is 2.35. The van der Waals surface area contributed by atoms with Crippen LogP contribution in [0.25, 0.3) is 0 Å². The third kappa shape index (κ3) is 4.46. The summed E-state index contributed by atoms with van der Waals surface area (Å²) in [7, 11) is 1.75. The summed E-state index contributed by atoms with van der Waals surface area (Å²) in [5, 5.41) is 8.43. The molecule has 4 nitrogen and oxygen atoms in total. The normalized spacial score (nSPS) is 9.61. The maximum atomic E-state index is 11.6. The van der Waals surface area contributed by atoms with Gasteiger partial charge < -0.3 is 9.64 Å². The van der Waals surface area contributed by atoms with Crippen molar-refractivity contribution in [2.24, 2.45) is 0 Å². The monoisotopic (exact) mass is 246 g/mol. The standard InChI is InChI=1S/C14H18N2O2/c1-3-18-13-8-6-12(7-9-13)11-16(2)14(17)5-4-10-15/h6-9H,3-5,11H2,1-2H3. The van der Waals surface area contributed by atoms with E-state index in [-0.39, 0.29) is 18.7 Å². The molecule has 0 fully saturated rings. The summed E-state index contributed by atoms with van der Waals surface area (Å²) in [5.41, 5.74) is 1.05. The van der Waals surface area contributed by atoms with E-state index < -0.39 is 0 Å². The minimum atomic E-state index is -0.00886. The SMILES string of the molecule is CCOc1ccc(CN(C)C(=O)CCC#N)cc1. The van der Waals surface area contributed by atoms with Gasteiger partial charge in [-0.05, 0) is 24.6 Å². The second-order valence-electron chi connectivity index (χ2n) is 3.98. The Morgan fingerprint density at radius 2 is 2.06 bits per heavy atom. The summed E-state index contributed by atoms with van der Waals surface area (Å²) in [6.45, 7) is 3.14. The lowest BCUT2D eigenvalue weighted by Gasteiger charge is -2.16. The van der Waals surface area contributed by atoms with Crippen LogP contribution in [0, 0.1) is 11.3 Å². The van der Waals surface area contributed by atoms with Crippen LogP contribution in [-0.4, -0.2) is 24.5 Å². The molecule has 0 bridgehead atoms. The third-order valence-corrected chi connectivity index (χ3v) is 2.53. The molecule has 0 N–H and O–H groups in total. The molecule has 0 aliphatic heterocycles. The summed E-state index contributed by atoms with van der Waals surface area (Å²) < 4.78 is 5.35. The fourth-order valence-corrected chi connectivity index (χ4v) is 1.57. The highest BCUT2D eigenvalue weighted by molar-refractivity contribution is 5.76. The smallest absolute Gasteiger partial charge is 0.223 e. The van der Waals surface area contributed by atoms with Gasteiger partial charge >= 0.3 is 0 Å². The fourth-order valence-electron chi connectivity index (χ4n) is 1.57. The molecular formula is C14H18N2O2. The van der Waals surface area contributed by atoms with Gasteiger partial charge in [-0.3, -0.25) is 4.79 Å². The summed E-state index contributed by atoms with van der Waals surface area (Å²) in [6, 6.07) is 9.65. The van der Waals surface area contributed by atoms with Crippen LogP contribution in [0.4, 0.5) is 0 Å². The molecule has 0 aromatic heterocycles. The van der Waals surface area contributed by atoms with Crippen molar-refractivity contribution >= 4 is 5.91 Å². The van der Waals surface area contributed by atoms with Gasteiger partial charge in [-0.15, -0.1) is 0 Å². The minimum Gasteiger partial charge on any atom is -0.494 e. The van der Waals surface area contributed by atoms with Crippen LogP contribution in [0.5, 0.6) is 5.75 Å². The van der Waals surface area contributed by atoms with Gasteiger partial charge in [0.25, 0.3) is 0 Å². The zero-order chi connectivity index (χ0) is 13.4. The number of nitrogens with zero attached hydrogens (tertiary/aromatic N) is 2. The summed E-state index contributed by atoms with van der Waals surface area (Å²) in [4.78, 5) is 13.3. The Labute approximate surface area is 108 Å². The molecular weight excluding hydrogens is 228 g/mol. The predicted molar refractivity (Wildman–Crippen MR) is 68.9 cm³/mol. The maximum Gasteiger partial charge on any atom is 0.223 e. The molecule has 0 aliphatic carbocycles. The van der Waals surface area contributed by atoms with E-state index in [2.05, 4.69) is 0 Å². The van der Waals surface area contributed by atoms with Crippen molar-refractivity contribution in [1.82, 2.24) is 4.90 Å². The summed E-state index contributed by atoms with van der Waals surface area (Å²) in [6.07, 6.45) is 0.552. The van der Waals surface area contributed by atoms with Crippen LogP contribution in [0.3, 0.4) is 0 Å². The molecule has 0 radical (unpaired) electrons. The maximum absolute atomic E-state index is 11.6. The second kappa shape index (κ2) is 7.33. The van der Waals surface area contributed by atoms with Gasteiger partial charge in [0.2, 0.25) is 5.91 Å². The molecule has 4 heteroatoms. The van der Waals surface area contributed by atoms with Crippen molar-refractivity contribution in [2.45, 2.75) is 26.3 Å². The van der Waals surface area contributed by atoms with Crippen molar-refractivity contribution in [3.05, 3.63) is 29.8 Å². The van der Waals surface area contributed by atoms with E-state index in [1.165, 1.54) is 0 Å². The van der Waals surface area contributed by atoms with Crippen LogP contribution in [-0.2, 0) is 11.3 Å². The Bertz CT molecular complexity index is 420. The molecule has 96 valence electrons. The largest absolute Gasteiger partial charge is 0.494 e. The van der Waals surface area contributed by atoms with Crippen molar-refractivity contribution < 1.29 is 9.53 Å². The van der Waals surface area contributed by atoms with E-state index in [0.29, 0.717) is 13.2 Å². The van der Waals surface area contributed by atoms with Gasteiger partial charge in [-0.1, -0.05) is 12.1 Å². The zero-order valence-electron chi connectivity index (χ0n) is 10.8. The fraction of sp³-hybridized carbons (Fsp3) is 0.429. The molecule has 0 atom stereocenters. The first-order valence-electron chi connectivity index (χ1n) is 6.00. The molecule has 1 amide bonds. The topological polar surface area (TPSA) is 53.3 Å². The van der Waals surface area contributed by atoms with E-state index in [1.54, 1.807) is 11.9 Å². The van der Waals surface area contributed by atoms with Gasteiger partial charge in [0.15, 0.2) is 0 Å². The highest BCUT2D eigenvalue weighted by Gasteiger charge is 2.08. The van der Waals surface area contributed by atoms with E-state index in [0.717, 1.165) is 11.3 Å². The Balaban J connectivity index is 2.51. The number of hydrogen-bond acceptors (Lipinski definition) is 3. The van der Waals surface area contributed by atoms with E-state index >= 15 is 0 Å². The first kappa shape index (κ1) is 14.0. The average Bonchev–Trinajstić information content (AvgIpc) is 2.38. The first-order chi connectivity index (χ1) is 8.67. The molecule has 18 heavy (non-hydrogen) atoms. The molecule has 0 saturated heterocycles. The van der Waals surface area contributed by atoms with E-state index in [4.69, 9.17) is 10.00 Å². The van der Waals surface area contributed by atoms with Crippen LogP contribution in [0.2, 0.25) is 0 Å². The molecule has 0 unspecified atom stereocenters. The lowest BCUT2D eigenvalue weighted by molar-refractivity contribution is -0.130. The quantitative estimate of drug-likeness (QED) is 0.774. The first-order valence-corrected chi connectivity index (χ1v) is 6.00. The molecule has 0 saturated carbocycles. The van der Waals surface area contributed by atoms with E-state index in [9.17, 15) is 4.79 Å². The Kier molecular flexibility index (Phi) is 5.72. The van der Waals surface area contributed by atoms with Crippen molar-refractivity contribution in [3.8, 4) is 11.8 Å². The number of carbonyl (C=O) groups excluding carboxylic acids is 1. The number of benzene rings is 1. The molecule has 1 rings (SSSR count). The minimum absolute atomic E-state index is 0.00886. The second-order valence-corrected chi connectivity index (χ2v) is 3.98. The number of rotatable bonds is 6. The van der Waals surface area contributed by atoms with Crippen molar-refractivity contribution in [2.75, 3.05) is 13.7 Å². The van der Waals surface area contributed by atoms with Gasteiger partial charge in [0.1, 0.15) is 5.75 Å². The lowest BCUT2D eigenvalue weighted by Crippen LogP contribution is -2.25. The number of amides is 1. The van der Waals surface area contributed by atoms with Gasteiger partial charge in [0.05, 0.1) is 12.7 Å². The zero-order valence-corrected chi connectivity index (χ0v) is 10.8. The Hall–Kier alpha value is -2.02. The summed E-state index contributed by atoms with van der Waals surface area (Å²) >= 11 is 0. The lowest BCUT2D eigenvalue weighted by atomic mass is 10.2. The van der Waals surface area contributed by atoms with Gasteiger partial charge in [0, 0.05) is 26.4 Å². The number of ether oxygens (including phenoxy) is 1. The molecule has 0 heterocycles. The molecule has 0 aliphatic rings. The molecule has 1 aromatic rings. The molecule has 1 aromatic carbocycles. The summed E-state index contributed by atoms with van der Waals surface area (Å²) in [5.74, 6) is 0.824. The third-order valence-electron chi connectivity index (χ3n) is 2.53. The molecule has 0 spiro atoms. The van der Waals surface area contributed by atoms with Crippen LogP contribution in [0.15, 0.2) is 24.3 Å². The van der Waals surface area contributed by atoms with E-state index in [1.807, 2.05) is 37.3 Å². The number of nitriles is 1. The van der Waals surface area contributed by atoms with Crippen molar-refractivity contribution in [1.29, 1.82) is 5.26 Å². The van der Waals surface area contributed by atoms with Crippen LogP contribution < -0.4 is 4.74 Å². The van der Waals surface area contributed by atoms with Gasteiger partial charge in [-0.2, -0.15) is 5.26 Å². The highest BCUT2D eigenvalue weighted by atomic mass is 16.5. The Morgan fingerprint density at radius 3 is 2.61 bits per heavy atom. The van der Waals surface area contributed by atoms with Crippen LogP contribution in [0.1, 0.15) is 25.3 Å². The van der Waals surface area contributed by atoms with Gasteiger partial charge in [-0.25, -0.2) is 0 Å².